The van der Waals surface area contributed by atoms with Crippen molar-refractivity contribution in [1.29, 1.82) is 0 Å². The van der Waals surface area contributed by atoms with E-state index in [-0.39, 0.29) is 11.7 Å². The molecule has 1 atom stereocenters. The van der Waals surface area contributed by atoms with Gasteiger partial charge in [-0.1, -0.05) is 20.8 Å². The van der Waals surface area contributed by atoms with Gasteiger partial charge in [0.1, 0.15) is 0 Å². The van der Waals surface area contributed by atoms with E-state index in [4.69, 9.17) is 9.47 Å². The van der Waals surface area contributed by atoms with E-state index in [1.165, 1.54) is 0 Å². The van der Waals surface area contributed by atoms with Crippen molar-refractivity contribution in [2.75, 3.05) is 6.61 Å². The first-order valence-electron chi connectivity index (χ1n) is 3.93. The minimum atomic E-state index is -0.0915. The van der Waals surface area contributed by atoms with Crippen LogP contribution in [0.25, 0.3) is 0 Å². The predicted octanol–water partition coefficient (Wildman–Crippen LogP) is 2.31. The van der Waals surface area contributed by atoms with Gasteiger partial charge < -0.3 is 9.47 Å². The van der Waals surface area contributed by atoms with Crippen molar-refractivity contribution < 1.29 is 9.47 Å². The molecule has 0 aromatic rings. The Balaban J connectivity index is 2.54. The molecule has 0 unspecified atom stereocenters. The quantitative estimate of drug-likeness (QED) is 0.536. The van der Waals surface area contributed by atoms with Crippen molar-refractivity contribution in [1.82, 2.24) is 0 Å². The molecule has 11 heavy (non-hydrogen) atoms. The van der Waals surface area contributed by atoms with E-state index < -0.39 is 0 Å². The second kappa shape index (κ2) is 2.86. The van der Waals surface area contributed by atoms with Crippen molar-refractivity contribution in [3.8, 4) is 0 Å². The second-order valence-corrected chi connectivity index (χ2v) is 4.11. The first-order chi connectivity index (χ1) is 5.00. The summed E-state index contributed by atoms with van der Waals surface area (Å²) < 4.78 is 10.8. The normalized spacial score (nSPS) is 25.8. The van der Waals surface area contributed by atoms with Gasteiger partial charge in [-0.2, -0.15) is 0 Å². The summed E-state index contributed by atoms with van der Waals surface area (Å²) >= 11 is 0. The molecule has 0 aromatic carbocycles. The Labute approximate surface area is 68.2 Å². The summed E-state index contributed by atoms with van der Waals surface area (Å²) in [6.45, 7) is 9.01. The van der Waals surface area contributed by atoms with Crippen molar-refractivity contribution in [3.05, 3.63) is 11.8 Å². The predicted molar refractivity (Wildman–Crippen MR) is 44.0 cm³/mol. The highest BCUT2D eigenvalue weighted by molar-refractivity contribution is 4.96. The minimum Gasteiger partial charge on any atom is -0.472 e. The highest BCUT2D eigenvalue weighted by Crippen LogP contribution is 2.26. The lowest BCUT2D eigenvalue weighted by Gasteiger charge is -2.32. The lowest BCUT2D eigenvalue weighted by Crippen LogP contribution is -2.33. The van der Waals surface area contributed by atoms with Gasteiger partial charge in [-0.05, 0) is 12.5 Å². The van der Waals surface area contributed by atoms with Gasteiger partial charge in [-0.3, -0.25) is 0 Å². The van der Waals surface area contributed by atoms with Gasteiger partial charge in [-0.25, -0.2) is 0 Å². The minimum absolute atomic E-state index is 0.0667. The fourth-order valence-electron chi connectivity index (χ4n) is 0.913. The van der Waals surface area contributed by atoms with Crippen LogP contribution in [0, 0.1) is 5.41 Å². The Morgan fingerprint density at radius 1 is 1.45 bits per heavy atom. The van der Waals surface area contributed by atoms with Crippen molar-refractivity contribution in [2.24, 2.45) is 5.41 Å². The zero-order valence-corrected chi connectivity index (χ0v) is 7.68. The molecular formula is C9H16O2. The van der Waals surface area contributed by atoms with Crippen LogP contribution in [0.3, 0.4) is 0 Å². The third kappa shape index (κ3) is 2.22. The molecule has 1 aliphatic heterocycles. The standard InChI is InChI=1S/C9H16O2/c1-7-5-10-8(11-6-7)9(2,3)4/h5,8H,6H2,1-4H3/t8-/m1/s1. The third-order valence-electron chi connectivity index (χ3n) is 1.56. The zero-order valence-electron chi connectivity index (χ0n) is 7.68. The van der Waals surface area contributed by atoms with Crippen LogP contribution in [0.5, 0.6) is 0 Å². The zero-order chi connectivity index (χ0) is 8.48. The second-order valence-electron chi connectivity index (χ2n) is 4.11. The molecule has 0 fully saturated rings. The van der Waals surface area contributed by atoms with Gasteiger partial charge in [0.15, 0.2) is 0 Å². The monoisotopic (exact) mass is 156 g/mol. The molecule has 0 bridgehead atoms. The maximum absolute atomic E-state index is 5.46. The van der Waals surface area contributed by atoms with Gasteiger partial charge in [0.25, 0.3) is 0 Å². The van der Waals surface area contributed by atoms with Crippen LogP contribution in [0.4, 0.5) is 0 Å². The van der Waals surface area contributed by atoms with Crippen LogP contribution < -0.4 is 0 Å². The molecule has 2 heteroatoms. The summed E-state index contributed by atoms with van der Waals surface area (Å²) in [5.74, 6) is 0. The van der Waals surface area contributed by atoms with E-state index in [1.807, 2.05) is 6.92 Å². The SMILES string of the molecule is CC1=CO[C@@H](C(C)(C)C)OC1. The lowest BCUT2D eigenvalue weighted by atomic mass is 9.96. The molecule has 0 aliphatic carbocycles. The summed E-state index contributed by atoms with van der Waals surface area (Å²) in [4.78, 5) is 0. The largest absolute Gasteiger partial charge is 0.472 e. The van der Waals surface area contributed by atoms with E-state index in [2.05, 4.69) is 20.8 Å². The first kappa shape index (κ1) is 8.60. The van der Waals surface area contributed by atoms with Gasteiger partial charge in [0.2, 0.25) is 6.29 Å². The van der Waals surface area contributed by atoms with Crippen LogP contribution in [-0.4, -0.2) is 12.9 Å². The molecule has 1 rings (SSSR count). The number of hydrogen-bond acceptors (Lipinski definition) is 2. The maximum Gasteiger partial charge on any atom is 0.204 e. The van der Waals surface area contributed by atoms with Gasteiger partial charge in [-0.15, -0.1) is 0 Å². The average Bonchev–Trinajstić information content (AvgIpc) is 1.86. The molecular weight excluding hydrogens is 140 g/mol. The molecule has 0 saturated carbocycles. The van der Waals surface area contributed by atoms with Crippen LogP contribution in [0.2, 0.25) is 0 Å². The third-order valence-corrected chi connectivity index (χ3v) is 1.56. The molecule has 64 valence electrons. The summed E-state index contributed by atoms with van der Waals surface area (Å²) in [5, 5.41) is 0. The number of ether oxygens (including phenoxy) is 2. The van der Waals surface area contributed by atoms with Crippen LogP contribution >= 0.6 is 0 Å². The van der Waals surface area contributed by atoms with E-state index >= 15 is 0 Å². The summed E-state index contributed by atoms with van der Waals surface area (Å²) in [7, 11) is 0. The van der Waals surface area contributed by atoms with Crippen molar-refractivity contribution in [3.63, 3.8) is 0 Å². The van der Waals surface area contributed by atoms with Crippen molar-refractivity contribution >= 4 is 0 Å². The van der Waals surface area contributed by atoms with Crippen LogP contribution in [0.15, 0.2) is 11.8 Å². The lowest BCUT2D eigenvalue weighted by molar-refractivity contribution is -0.171. The summed E-state index contributed by atoms with van der Waals surface area (Å²) in [6, 6.07) is 0. The first-order valence-corrected chi connectivity index (χ1v) is 3.93. The Morgan fingerprint density at radius 2 is 2.09 bits per heavy atom. The maximum atomic E-state index is 5.46. The molecule has 0 spiro atoms. The fraction of sp³-hybridized carbons (Fsp3) is 0.778. The van der Waals surface area contributed by atoms with E-state index in [0.717, 1.165) is 5.57 Å². The summed E-state index contributed by atoms with van der Waals surface area (Å²) in [6.07, 6.45) is 1.70. The number of hydrogen-bond donors (Lipinski definition) is 0. The van der Waals surface area contributed by atoms with Crippen LogP contribution in [0.1, 0.15) is 27.7 Å². The Morgan fingerprint density at radius 3 is 2.45 bits per heavy atom. The highest BCUT2D eigenvalue weighted by Gasteiger charge is 2.28. The Bertz CT molecular complexity index is 165. The van der Waals surface area contributed by atoms with E-state index in [1.54, 1.807) is 6.26 Å². The van der Waals surface area contributed by atoms with Gasteiger partial charge in [0, 0.05) is 5.41 Å². The molecule has 0 aromatic heterocycles. The van der Waals surface area contributed by atoms with Crippen molar-refractivity contribution in [2.45, 2.75) is 34.0 Å². The Kier molecular flexibility index (Phi) is 2.23. The van der Waals surface area contributed by atoms with E-state index in [9.17, 15) is 0 Å². The molecule has 1 heterocycles. The topological polar surface area (TPSA) is 18.5 Å². The highest BCUT2D eigenvalue weighted by atomic mass is 16.7. The smallest absolute Gasteiger partial charge is 0.204 e. The average molecular weight is 156 g/mol. The van der Waals surface area contributed by atoms with Crippen LogP contribution in [-0.2, 0) is 9.47 Å². The Hall–Kier alpha value is -0.500. The van der Waals surface area contributed by atoms with E-state index in [0.29, 0.717) is 6.61 Å². The molecule has 2 nitrogen and oxygen atoms in total. The fourth-order valence-corrected chi connectivity index (χ4v) is 0.913. The molecule has 0 saturated heterocycles. The van der Waals surface area contributed by atoms with Gasteiger partial charge in [0.05, 0.1) is 12.9 Å². The molecule has 0 radical (unpaired) electrons. The van der Waals surface area contributed by atoms with Gasteiger partial charge >= 0.3 is 0 Å². The molecule has 1 aliphatic rings. The number of rotatable bonds is 0. The summed E-state index contributed by atoms with van der Waals surface area (Å²) in [5.41, 5.74) is 1.21. The molecule has 0 amide bonds. The molecule has 0 N–H and O–H groups in total.